The highest BCUT2D eigenvalue weighted by Crippen LogP contribution is 2.30. The number of hydrogen-bond donors (Lipinski definition) is 1. The number of carbonyl (C=O) groups excluding carboxylic acids is 1. The van der Waals surface area contributed by atoms with Crippen molar-refractivity contribution >= 4 is 5.91 Å². The number of aliphatic hydroxyl groups excluding tert-OH is 1. The van der Waals surface area contributed by atoms with E-state index in [0.29, 0.717) is 0 Å². The lowest BCUT2D eigenvalue weighted by molar-refractivity contribution is -0.137. The van der Waals surface area contributed by atoms with E-state index in [-0.39, 0.29) is 18.7 Å². The van der Waals surface area contributed by atoms with Crippen LogP contribution in [0, 0.1) is 0 Å². The van der Waals surface area contributed by atoms with Gasteiger partial charge in [0, 0.05) is 18.7 Å². The Balaban J connectivity index is 2.19. The summed E-state index contributed by atoms with van der Waals surface area (Å²) in [6.45, 7) is 0.351. The highest BCUT2D eigenvalue weighted by atomic mass is 19.4. The number of alkyl halides is 3. The van der Waals surface area contributed by atoms with Gasteiger partial charge in [-0.2, -0.15) is 13.2 Å². The van der Waals surface area contributed by atoms with Gasteiger partial charge in [0.05, 0.1) is 11.7 Å². The Kier molecular flexibility index (Phi) is 2.82. The average Bonchev–Trinajstić information content (AvgIpc) is 2.23. The molecule has 0 spiro atoms. The van der Waals surface area contributed by atoms with Gasteiger partial charge < -0.3 is 10.0 Å². The highest BCUT2D eigenvalue weighted by molar-refractivity contribution is 5.95. The van der Waals surface area contributed by atoms with E-state index < -0.39 is 23.8 Å². The molecule has 0 atom stereocenters. The molecule has 17 heavy (non-hydrogen) atoms. The van der Waals surface area contributed by atoms with Gasteiger partial charge >= 0.3 is 6.18 Å². The molecule has 1 fully saturated rings. The standard InChI is InChI=1S/C11H10F3NO2/c12-11(13,14)8-3-1-2-7(4-8)10(17)15-5-9(16)6-15/h1-4,9,16H,5-6H2. The first kappa shape index (κ1) is 11.9. The van der Waals surface area contributed by atoms with Crippen molar-refractivity contribution in [3.8, 4) is 0 Å². The van der Waals surface area contributed by atoms with Crippen molar-refractivity contribution in [1.29, 1.82) is 0 Å². The number of amides is 1. The zero-order valence-corrected chi connectivity index (χ0v) is 8.74. The van der Waals surface area contributed by atoms with Crippen molar-refractivity contribution in [2.75, 3.05) is 13.1 Å². The van der Waals surface area contributed by atoms with Gasteiger partial charge in [0.2, 0.25) is 0 Å². The van der Waals surface area contributed by atoms with Crippen molar-refractivity contribution < 1.29 is 23.1 Å². The van der Waals surface area contributed by atoms with Crippen molar-refractivity contribution in [3.63, 3.8) is 0 Å². The summed E-state index contributed by atoms with van der Waals surface area (Å²) in [6, 6.07) is 4.28. The molecule has 0 unspecified atom stereocenters. The molecule has 1 aliphatic rings. The van der Waals surface area contributed by atoms with E-state index in [1.165, 1.54) is 17.0 Å². The van der Waals surface area contributed by atoms with E-state index in [2.05, 4.69) is 0 Å². The topological polar surface area (TPSA) is 40.5 Å². The molecule has 0 radical (unpaired) electrons. The number of nitrogens with zero attached hydrogens (tertiary/aromatic N) is 1. The smallest absolute Gasteiger partial charge is 0.389 e. The number of rotatable bonds is 1. The summed E-state index contributed by atoms with van der Waals surface area (Å²) in [5.41, 5.74) is -0.851. The lowest BCUT2D eigenvalue weighted by Crippen LogP contribution is -2.53. The fourth-order valence-electron chi connectivity index (χ4n) is 1.63. The number of β-amino-alcohol motifs (C(OH)–C–C–N with tert-alkyl or cyclic N) is 1. The van der Waals surface area contributed by atoms with Crippen molar-refractivity contribution in [2.24, 2.45) is 0 Å². The Morgan fingerprint density at radius 2 is 2.00 bits per heavy atom. The maximum atomic E-state index is 12.4. The third-order valence-electron chi connectivity index (χ3n) is 2.59. The van der Waals surface area contributed by atoms with Crippen LogP contribution in [0.25, 0.3) is 0 Å². The van der Waals surface area contributed by atoms with Gasteiger partial charge in [-0.05, 0) is 18.2 Å². The molecule has 2 rings (SSSR count). The molecule has 6 heteroatoms. The van der Waals surface area contributed by atoms with Crippen LogP contribution in [0.1, 0.15) is 15.9 Å². The van der Waals surface area contributed by atoms with Crippen LogP contribution in [0.2, 0.25) is 0 Å². The molecule has 92 valence electrons. The summed E-state index contributed by atoms with van der Waals surface area (Å²) in [5.74, 6) is -0.485. The minimum atomic E-state index is -4.45. The van der Waals surface area contributed by atoms with E-state index in [1.54, 1.807) is 0 Å². The predicted octanol–water partition coefficient (Wildman–Crippen LogP) is 1.52. The van der Waals surface area contributed by atoms with Gasteiger partial charge in [-0.25, -0.2) is 0 Å². The van der Waals surface area contributed by atoms with E-state index >= 15 is 0 Å². The zero-order chi connectivity index (χ0) is 12.6. The number of aliphatic hydroxyl groups is 1. The normalized spacial score (nSPS) is 16.8. The Bertz CT molecular complexity index is 439. The van der Waals surface area contributed by atoms with Crippen molar-refractivity contribution in [1.82, 2.24) is 4.90 Å². The second-order valence-electron chi connectivity index (χ2n) is 3.94. The molecule has 1 saturated heterocycles. The Morgan fingerprint density at radius 3 is 2.53 bits per heavy atom. The van der Waals surface area contributed by atoms with E-state index in [1.807, 2.05) is 0 Å². The minimum Gasteiger partial charge on any atom is -0.389 e. The van der Waals surface area contributed by atoms with Gasteiger partial charge in [-0.15, -0.1) is 0 Å². The number of likely N-dealkylation sites (tertiary alicyclic amines) is 1. The number of hydrogen-bond acceptors (Lipinski definition) is 2. The van der Waals surface area contributed by atoms with Gasteiger partial charge in [0.1, 0.15) is 0 Å². The molecule has 1 aromatic rings. The SMILES string of the molecule is O=C(c1cccc(C(F)(F)F)c1)N1CC(O)C1. The maximum Gasteiger partial charge on any atom is 0.416 e. The quantitative estimate of drug-likeness (QED) is 0.815. The van der Waals surface area contributed by atoms with E-state index in [4.69, 9.17) is 5.11 Å². The highest BCUT2D eigenvalue weighted by Gasteiger charge is 2.33. The number of benzene rings is 1. The third-order valence-corrected chi connectivity index (χ3v) is 2.59. The second-order valence-corrected chi connectivity index (χ2v) is 3.94. The fraction of sp³-hybridized carbons (Fsp3) is 0.364. The van der Waals surface area contributed by atoms with Crippen LogP contribution in [-0.2, 0) is 6.18 Å². The summed E-state index contributed by atoms with van der Waals surface area (Å²) >= 11 is 0. The van der Waals surface area contributed by atoms with E-state index in [0.717, 1.165) is 12.1 Å². The predicted molar refractivity (Wildman–Crippen MR) is 53.4 cm³/mol. The van der Waals surface area contributed by atoms with Crippen LogP contribution >= 0.6 is 0 Å². The molecule has 1 amide bonds. The van der Waals surface area contributed by atoms with Crippen LogP contribution in [0.4, 0.5) is 13.2 Å². The van der Waals surface area contributed by atoms with Crippen molar-refractivity contribution in [2.45, 2.75) is 12.3 Å². The van der Waals surface area contributed by atoms with Crippen molar-refractivity contribution in [3.05, 3.63) is 35.4 Å². The lowest BCUT2D eigenvalue weighted by atomic mass is 10.1. The van der Waals surface area contributed by atoms with Crippen LogP contribution in [0.5, 0.6) is 0 Å². The summed E-state index contributed by atoms with van der Waals surface area (Å²) < 4.78 is 37.3. The monoisotopic (exact) mass is 245 g/mol. The molecule has 0 saturated carbocycles. The third kappa shape index (κ3) is 2.41. The largest absolute Gasteiger partial charge is 0.416 e. The Labute approximate surface area is 95.5 Å². The number of carbonyl (C=O) groups is 1. The molecule has 1 N–H and O–H groups in total. The molecule has 0 aliphatic carbocycles. The molecule has 0 aromatic heterocycles. The molecule has 0 bridgehead atoms. The van der Waals surface area contributed by atoms with E-state index in [9.17, 15) is 18.0 Å². The number of halogens is 3. The maximum absolute atomic E-state index is 12.4. The molecular formula is C11H10F3NO2. The summed E-state index contributed by atoms with van der Waals surface area (Å²) in [5, 5.41) is 9.02. The van der Waals surface area contributed by atoms with Gasteiger partial charge in [0.25, 0.3) is 5.91 Å². The first-order chi connectivity index (χ1) is 7.88. The Morgan fingerprint density at radius 1 is 1.35 bits per heavy atom. The zero-order valence-electron chi connectivity index (χ0n) is 8.74. The average molecular weight is 245 g/mol. The first-order valence-corrected chi connectivity index (χ1v) is 5.02. The van der Waals surface area contributed by atoms with Gasteiger partial charge in [0.15, 0.2) is 0 Å². The first-order valence-electron chi connectivity index (χ1n) is 5.02. The molecule has 1 heterocycles. The molecule has 1 aromatic carbocycles. The molecule has 1 aliphatic heterocycles. The molecule has 3 nitrogen and oxygen atoms in total. The minimum absolute atomic E-state index is 0.00766. The van der Waals surface area contributed by atoms with Gasteiger partial charge in [-0.1, -0.05) is 6.07 Å². The lowest BCUT2D eigenvalue weighted by Gasteiger charge is -2.35. The Hall–Kier alpha value is -1.56. The van der Waals surface area contributed by atoms with Gasteiger partial charge in [-0.3, -0.25) is 4.79 Å². The van der Waals surface area contributed by atoms with Crippen LogP contribution in [-0.4, -0.2) is 35.1 Å². The summed E-state index contributed by atoms with van der Waals surface area (Å²) in [7, 11) is 0. The summed E-state index contributed by atoms with van der Waals surface area (Å²) in [4.78, 5) is 13.0. The molecular weight excluding hydrogens is 235 g/mol. The van der Waals surface area contributed by atoms with Crippen LogP contribution in [0.15, 0.2) is 24.3 Å². The second kappa shape index (κ2) is 4.03. The van der Waals surface area contributed by atoms with Crippen LogP contribution < -0.4 is 0 Å². The fourth-order valence-corrected chi connectivity index (χ4v) is 1.63. The van der Waals surface area contributed by atoms with Crippen LogP contribution in [0.3, 0.4) is 0 Å². The summed E-state index contributed by atoms with van der Waals surface area (Å²) in [6.07, 6.45) is -5.02.